The van der Waals surface area contributed by atoms with E-state index in [-0.39, 0.29) is 5.91 Å². The zero-order valence-electron chi connectivity index (χ0n) is 10.4. The van der Waals surface area contributed by atoms with Gasteiger partial charge in [-0.2, -0.15) is 0 Å². The Kier molecular flexibility index (Phi) is 3.79. The maximum Gasteiger partial charge on any atom is 0.291 e. The molecule has 0 aliphatic carbocycles. The van der Waals surface area contributed by atoms with Crippen LogP contribution in [0, 0.1) is 6.92 Å². The zero-order chi connectivity index (χ0) is 13.0. The predicted molar refractivity (Wildman–Crippen MR) is 68.6 cm³/mol. The second-order valence-corrected chi connectivity index (χ2v) is 4.02. The molecule has 4 heteroatoms. The van der Waals surface area contributed by atoms with Gasteiger partial charge in [-0.1, -0.05) is 12.1 Å². The first-order valence-corrected chi connectivity index (χ1v) is 5.64. The minimum Gasteiger partial charge on any atom is -0.459 e. The lowest BCUT2D eigenvalue weighted by molar-refractivity contribution is 0.0996. The normalized spacial score (nSPS) is 10.3. The van der Waals surface area contributed by atoms with Gasteiger partial charge in [0.1, 0.15) is 0 Å². The number of furan rings is 1. The largest absolute Gasteiger partial charge is 0.459 e. The molecule has 2 aromatic rings. The fourth-order valence-corrected chi connectivity index (χ4v) is 1.70. The number of ether oxygens (including phenoxy) is 1. The number of hydrogen-bond acceptors (Lipinski definition) is 3. The van der Waals surface area contributed by atoms with Crippen LogP contribution in [0.3, 0.4) is 0 Å². The Bertz CT molecular complexity index is 545. The summed E-state index contributed by atoms with van der Waals surface area (Å²) in [4.78, 5) is 11.9. The molecule has 1 heterocycles. The number of nitrogens with one attached hydrogen (secondary N) is 1. The highest BCUT2D eigenvalue weighted by Crippen LogP contribution is 2.15. The van der Waals surface area contributed by atoms with E-state index >= 15 is 0 Å². The lowest BCUT2D eigenvalue weighted by atomic mass is 10.2. The third kappa shape index (κ3) is 2.78. The molecule has 2 rings (SSSR count). The highest BCUT2D eigenvalue weighted by Gasteiger charge is 2.12. The number of benzene rings is 1. The van der Waals surface area contributed by atoms with Crippen molar-refractivity contribution in [1.29, 1.82) is 0 Å². The topological polar surface area (TPSA) is 51.5 Å². The van der Waals surface area contributed by atoms with E-state index in [1.165, 1.54) is 6.26 Å². The highest BCUT2D eigenvalue weighted by molar-refractivity contribution is 6.03. The van der Waals surface area contributed by atoms with Crippen molar-refractivity contribution in [2.75, 3.05) is 12.4 Å². The Morgan fingerprint density at radius 2 is 2.22 bits per heavy atom. The molecular formula is C14H15NO3. The lowest BCUT2D eigenvalue weighted by Crippen LogP contribution is -2.12. The van der Waals surface area contributed by atoms with Crippen LogP contribution in [0.1, 0.15) is 21.7 Å². The molecule has 0 aliphatic rings. The number of anilines is 1. The van der Waals surface area contributed by atoms with Crippen molar-refractivity contribution in [1.82, 2.24) is 0 Å². The summed E-state index contributed by atoms with van der Waals surface area (Å²) in [7, 11) is 1.64. The maximum atomic E-state index is 11.9. The number of rotatable bonds is 4. The molecule has 0 unspecified atom stereocenters. The van der Waals surface area contributed by atoms with E-state index in [1.54, 1.807) is 13.2 Å². The smallest absolute Gasteiger partial charge is 0.291 e. The van der Waals surface area contributed by atoms with Crippen LogP contribution in [-0.2, 0) is 11.3 Å². The van der Waals surface area contributed by atoms with E-state index in [4.69, 9.17) is 9.15 Å². The van der Waals surface area contributed by atoms with Crippen molar-refractivity contribution in [3.63, 3.8) is 0 Å². The van der Waals surface area contributed by atoms with Crippen LogP contribution < -0.4 is 5.32 Å². The van der Waals surface area contributed by atoms with Gasteiger partial charge in [-0.15, -0.1) is 0 Å². The molecule has 0 spiro atoms. The minimum absolute atomic E-state index is 0.243. The number of methoxy groups -OCH3 is 1. The second kappa shape index (κ2) is 5.51. The molecule has 1 aromatic heterocycles. The third-order valence-corrected chi connectivity index (χ3v) is 2.56. The molecule has 18 heavy (non-hydrogen) atoms. The Balaban J connectivity index is 2.12. The van der Waals surface area contributed by atoms with Crippen LogP contribution in [0.4, 0.5) is 5.69 Å². The molecule has 1 N–H and O–H groups in total. The van der Waals surface area contributed by atoms with Crippen LogP contribution in [0.5, 0.6) is 0 Å². The van der Waals surface area contributed by atoms with Crippen molar-refractivity contribution in [3.05, 3.63) is 53.5 Å². The first-order valence-electron chi connectivity index (χ1n) is 5.64. The Morgan fingerprint density at radius 3 is 2.89 bits per heavy atom. The Morgan fingerprint density at radius 1 is 1.39 bits per heavy atom. The monoisotopic (exact) mass is 245 g/mol. The summed E-state index contributed by atoms with van der Waals surface area (Å²) in [5, 5.41) is 2.80. The highest BCUT2D eigenvalue weighted by atomic mass is 16.5. The molecule has 1 aromatic carbocycles. The van der Waals surface area contributed by atoms with Crippen LogP contribution in [0.2, 0.25) is 0 Å². The van der Waals surface area contributed by atoms with Crippen molar-refractivity contribution >= 4 is 11.6 Å². The minimum atomic E-state index is -0.243. The molecule has 1 amide bonds. The van der Waals surface area contributed by atoms with Crippen LogP contribution in [0.25, 0.3) is 0 Å². The third-order valence-electron chi connectivity index (χ3n) is 2.56. The van der Waals surface area contributed by atoms with E-state index < -0.39 is 0 Å². The van der Waals surface area contributed by atoms with E-state index in [9.17, 15) is 4.79 Å². The van der Waals surface area contributed by atoms with Crippen molar-refractivity contribution < 1.29 is 13.9 Å². The summed E-state index contributed by atoms with van der Waals surface area (Å²) in [5.41, 5.74) is 2.55. The predicted octanol–water partition coefficient (Wildman–Crippen LogP) is 2.99. The average Bonchev–Trinajstić information content (AvgIpc) is 2.76. The van der Waals surface area contributed by atoms with Gasteiger partial charge < -0.3 is 14.5 Å². The molecule has 0 saturated heterocycles. The fourth-order valence-electron chi connectivity index (χ4n) is 1.70. The van der Waals surface area contributed by atoms with Gasteiger partial charge in [0, 0.05) is 18.4 Å². The van der Waals surface area contributed by atoms with Gasteiger partial charge in [0.2, 0.25) is 0 Å². The first kappa shape index (κ1) is 12.4. The second-order valence-electron chi connectivity index (χ2n) is 4.02. The SMILES string of the molecule is COCc1cccc(NC(=O)c2occc2C)c1. The van der Waals surface area contributed by atoms with Gasteiger partial charge in [-0.05, 0) is 30.7 Å². The number of amides is 1. The summed E-state index contributed by atoms with van der Waals surface area (Å²) in [6.45, 7) is 2.35. The fraction of sp³-hybridized carbons (Fsp3) is 0.214. The van der Waals surface area contributed by atoms with E-state index in [1.807, 2.05) is 31.2 Å². The Labute approximate surface area is 106 Å². The summed E-state index contributed by atoms with van der Waals surface area (Å²) < 4.78 is 10.2. The number of hydrogen-bond donors (Lipinski definition) is 1. The molecule has 94 valence electrons. The number of aryl methyl sites for hydroxylation is 1. The molecule has 0 fully saturated rings. The van der Waals surface area contributed by atoms with Crippen LogP contribution in [-0.4, -0.2) is 13.0 Å². The van der Waals surface area contributed by atoms with E-state index in [2.05, 4.69) is 5.32 Å². The molecular weight excluding hydrogens is 230 g/mol. The summed E-state index contributed by atoms with van der Waals surface area (Å²) in [5.74, 6) is 0.0965. The zero-order valence-corrected chi connectivity index (χ0v) is 10.4. The molecule has 4 nitrogen and oxygen atoms in total. The van der Waals surface area contributed by atoms with Crippen molar-refractivity contribution in [3.8, 4) is 0 Å². The molecule has 0 atom stereocenters. The van der Waals surface area contributed by atoms with E-state index in [0.717, 1.165) is 16.8 Å². The summed E-state index contributed by atoms with van der Waals surface area (Å²) >= 11 is 0. The van der Waals surface area contributed by atoms with Crippen molar-refractivity contribution in [2.24, 2.45) is 0 Å². The summed E-state index contributed by atoms with van der Waals surface area (Å²) in [6.07, 6.45) is 1.51. The van der Waals surface area contributed by atoms with Crippen molar-refractivity contribution in [2.45, 2.75) is 13.5 Å². The van der Waals surface area contributed by atoms with Gasteiger partial charge in [-0.3, -0.25) is 4.79 Å². The van der Waals surface area contributed by atoms with Gasteiger partial charge in [0.25, 0.3) is 5.91 Å². The standard InChI is InChI=1S/C14H15NO3/c1-10-6-7-18-13(10)14(16)15-12-5-3-4-11(8-12)9-17-2/h3-8H,9H2,1-2H3,(H,15,16). The van der Waals surface area contributed by atoms with E-state index in [0.29, 0.717) is 12.4 Å². The lowest BCUT2D eigenvalue weighted by Gasteiger charge is -2.06. The number of carbonyl (C=O) groups excluding carboxylic acids is 1. The van der Waals surface area contributed by atoms with Crippen LogP contribution >= 0.6 is 0 Å². The quantitative estimate of drug-likeness (QED) is 0.900. The number of carbonyl (C=O) groups is 1. The van der Waals surface area contributed by atoms with Gasteiger partial charge >= 0.3 is 0 Å². The molecule has 0 saturated carbocycles. The molecule has 0 aliphatic heterocycles. The molecule has 0 bridgehead atoms. The maximum absolute atomic E-state index is 11.9. The summed E-state index contributed by atoms with van der Waals surface area (Å²) in [6, 6.07) is 9.28. The van der Waals surface area contributed by atoms with Gasteiger partial charge in [0.15, 0.2) is 5.76 Å². The van der Waals surface area contributed by atoms with Crippen LogP contribution in [0.15, 0.2) is 41.0 Å². The molecule has 0 radical (unpaired) electrons. The van der Waals surface area contributed by atoms with Gasteiger partial charge in [-0.25, -0.2) is 0 Å². The van der Waals surface area contributed by atoms with Gasteiger partial charge in [0.05, 0.1) is 12.9 Å². The average molecular weight is 245 g/mol. The first-order chi connectivity index (χ1) is 8.70. The Hall–Kier alpha value is -2.07.